The number of thiocarbonyl (C=S) groups is 1. The zero-order chi connectivity index (χ0) is 36.7. The molecule has 2 heterocycles. The van der Waals surface area contributed by atoms with E-state index in [0.717, 1.165) is 14.0 Å². The van der Waals surface area contributed by atoms with E-state index < -0.39 is 74.5 Å². The minimum Gasteiger partial charge on any atom is -0.463 e. The van der Waals surface area contributed by atoms with E-state index in [1.54, 1.807) is 0 Å². The standard InChI is InChI=1S/C29H50BN2O15PS/c1-16(33)32-24-27(44-19(4)36)26(43-18(3)35)22(15-42-17(2)34)46-29(24)41-13-8-7-11-23(49)31-12-9-10-20-25(47-48(37,38)40-6)21(14-39-5)45-28(20)30/h20-22,24-29H,7-15,30H2,1-6H3,(H,31,49)(H,32,33)(H,37,38)/t20-,21+,22+,24+,25?,26-,27+,28+,29+/m0/s1. The number of carbonyl (C=O) groups is 4. The molecule has 0 aromatic rings. The quantitative estimate of drug-likeness (QED) is 0.0382. The van der Waals surface area contributed by atoms with Crippen molar-refractivity contribution in [1.82, 2.24) is 10.6 Å². The van der Waals surface area contributed by atoms with Crippen molar-refractivity contribution in [3.63, 3.8) is 0 Å². The van der Waals surface area contributed by atoms with Crippen LogP contribution in [0.3, 0.4) is 0 Å². The first-order valence-corrected chi connectivity index (χ1v) is 18.0. The predicted octanol–water partition coefficient (Wildman–Crippen LogP) is 0.279. The van der Waals surface area contributed by atoms with Gasteiger partial charge < -0.3 is 48.7 Å². The van der Waals surface area contributed by atoms with E-state index in [-0.39, 0.29) is 31.7 Å². The second-order valence-corrected chi connectivity index (χ2v) is 13.8. The Bertz CT molecular complexity index is 1170. The number of hydrogen-bond acceptors (Lipinski definition) is 15. The van der Waals surface area contributed by atoms with E-state index >= 15 is 0 Å². The molecular weight excluding hydrogens is 690 g/mol. The molecule has 0 aromatic heterocycles. The minimum absolute atomic E-state index is 0.162. The second kappa shape index (κ2) is 21.2. The van der Waals surface area contributed by atoms with Crippen molar-refractivity contribution in [3.05, 3.63) is 0 Å². The van der Waals surface area contributed by atoms with Crippen molar-refractivity contribution in [2.45, 2.75) is 109 Å². The van der Waals surface area contributed by atoms with Gasteiger partial charge in [-0.2, -0.15) is 0 Å². The van der Waals surface area contributed by atoms with Crippen molar-refractivity contribution in [2.24, 2.45) is 5.92 Å². The highest BCUT2D eigenvalue weighted by atomic mass is 32.1. The Balaban J connectivity index is 1.90. The molecular formula is C29H50BN2O15PS. The first kappa shape index (κ1) is 43.0. The van der Waals surface area contributed by atoms with Crippen molar-refractivity contribution in [2.75, 3.05) is 40.6 Å². The monoisotopic (exact) mass is 740 g/mol. The van der Waals surface area contributed by atoms with Crippen LogP contribution in [0.4, 0.5) is 0 Å². The van der Waals surface area contributed by atoms with Crippen LogP contribution in [-0.4, -0.2) is 131 Å². The molecule has 2 unspecified atom stereocenters. The van der Waals surface area contributed by atoms with Gasteiger partial charge in [-0.15, -0.1) is 0 Å². The topological polar surface area (TPSA) is 213 Å². The van der Waals surface area contributed by atoms with Crippen LogP contribution in [-0.2, 0) is 65.9 Å². The highest BCUT2D eigenvalue weighted by Crippen LogP contribution is 2.48. The lowest BCUT2D eigenvalue weighted by molar-refractivity contribution is -0.277. The maximum atomic E-state index is 12.1. The van der Waals surface area contributed by atoms with Gasteiger partial charge in [0.2, 0.25) is 5.91 Å². The molecule has 1 amide bonds. The third-order valence-electron chi connectivity index (χ3n) is 7.79. The summed E-state index contributed by atoms with van der Waals surface area (Å²) in [6.45, 7) is 5.44. The van der Waals surface area contributed by atoms with Crippen LogP contribution >= 0.6 is 20.0 Å². The fourth-order valence-corrected chi connectivity index (χ4v) is 6.64. The number of esters is 3. The Hall–Kier alpha value is -2.22. The molecule has 0 bridgehead atoms. The number of nitrogens with one attached hydrogen (secondary N) is 2. The maximum Gasteiger partial charge on any atom is 0.472 e. The predicted molar refractivity (Wildman–Crippen MR) is 178 cm³/mol. The molecule has 10 atom stereocenters. The first-order valence-electron chi connectivity index (χ1n) is 16.1. The molecule has 2 aliphatic heterocycles. The lowest BCUT2D eigenvalue weighted by Gasteiger charge is -2.44. The fraction of sp³-hybridized carbons (Fsp3) is 0.828. The molecule has 0 saturated carbocycles. The summed E-state index contributed by atoms with van der Waals surface area (Å²) in [4.78, 5) is 58.0. The van der Waals surface area contributed by atoms with Gasteiger partial charge in [0.15, 0.2) is 18.5 Å². The van der Waals surface area contributed by atoms with E-state index in [0.29, 0.717) is 43.6 Å². The number of phosphoric ester groups is 1. The molecule has 0 aromatic carbocycles. The summed E-state index contributed by atoms with van der Waals surface area (Å²) in [6, 6.07) is -1.26. The Labute approximate surface area is 293 Å². The van der Waals surface area contributed by atoms with Crippen LogP contribution in [0.5, 0.6) is 0 Å². The number of amides is 1. The van der Waals surface area contributed by atoms with Gasteiger partial charge in [-0.05, 0) is 32.1 Å². The Kier molecular flexibility index (Phi) is 18.6. The molecule has 280 valence electrons. The second-order valence-electron chi connectivity index (χ2n) is 11.8. The third-order valence-corrected chi connectivity index (χ3v) is 9.11. The summed E-state index contributed by atoms with van der Waals surface area (Å²) < 4.78 is 61.2. The number of carbonyl (C=O) groups excluding carboxylic acids is 4. The van der Waals surface area contributed by atoms with Crippen LogP contribution < -0.4 is 10.6 Å². The number of rotatable bonds is 20. The van der Waals surface area contributed by atoms with Gasteiger partial charge in [-0.25, -0.2) is 4.57 Å². The molecule has 0 spiro atoms. The van der Waals surface area contributed by atoms with Gasteiger partial charge in [-0.3, -0.25) is 28.2 Å². The van der Waals surface area contributed by atoms with Crippen molar-refractivity contribution in [3.8, 4) is 0 Å². The van der Waals surface area contributed by atoms with Gasteiger partial charge in [0, 0.05) is 67.0 Å². The average Bonchev–Trinajstić information content (AvgIpc) is 3.28. The molecule has 0 radical (unpaired) electrons. The summed E-state index contributed by atoms with van der Waals surface area (Å²) in [5.74, 6) is -2.61. The molecule has 2 aliphatic rings. The number of methoxy groups -OCH3 is 1. The van der Waals surface area contributed by atoms with E-state index in [2.05, 4.69) is 15.2 Å². The Morgan fingerprint density at radius 1 is 0.898 bits per heavy atom. The number of unbranched alkanes of at least 4 members (excludes halogenated alkanes) is 1. The first-order chi connectivity index (χ1) is 23.1. The Morgan fingerprint density at radius 2 is 1.55 bits per heavy atom. The highest BCUT2D eigenvalue weighted by molar-refractivity contribution is 7.80. The van der Waals surface area contributed by atoms with Crippen molar-refractivity contribution in [1.29, 1.82) is 0 Å². The van der Waals surface area contributed by atoms with Crippen molar-refractivity contribution >= 4 is 56.7 Å². The average molecular weight is 741 g/mol. The summed E-state index contributed by atoms with van der Waals surface area (Å²) in [5, 5.41) is 5.89. The van der Waals surface area contributed by atoms with Crippen LogP contribution in [0, 0.1) is 5.92 Å². The lowest BCUT2D eigenvalue weighted by atomic mass is 9.82. The van der Waals surface area contributed by atoms with Crippen LogP contribution in [0.25, 0.3) is 0 Å². The molecule has 2 rings (SSSR count). The number of phosphoric acid groups is 1. The van der Waals surface area contributed by atoms with Gasteiger partial charge in [0.1, 0.15) is 38.8 Å². The summed E-state index contributed by atoms with van der Waals surface area (Å²) in [6.07, 6.45) is -2.67. The molecule has 2 fully saturated rings. The van der Waals surface area contributed by atoms with Gasteiger partial charge in [0.25, 0.3) is 0 Å². The largest absolute Gasteiger partial charge is 0.472 e. The van der Waals surface area contributed by atoms with Gasteiger partial charge >= 0.3 is 25.7 Å². The lowest BCUT2D eigenvalue weighted by Crippen LogP contribution is -2.66. The number of ether oxygens (including phenoxy) is 7. The van der Waals surface area contributed by atoms with Crippen LogP contribution in [0.15, 0.2) is 0 Å². The smallest absolute Gasteiger partial charge is 0.463 e. The Morgan fingerprint density at radius 3 is 2.14 bits per heavy atom. The normalized spacial score (nSPS) is 29.3. The maximum absolute atomic E-state index is 12.1. The van der Waals surface area contributed by atoms with E-state index in [4.69, 9.17) is 49.9 Å². The minimum atomic E-state index is -4.23. The summed E-state index contributed by atoms with van der Waals surface area (Å²) in [5.41, 5.74) is 0. The fourth-order valence-electron chi connectivity index (χ4n) is 5.71. The summed E-state index contributed by atoms with van der Waals surface area (Å²) >= 11 is 5.49. The van der Waals surface area contributed by atoms with E-state index in [1.165, 1.54) is 27.9 Å². The van der Waals surface area contributed by atoms with Gasteiger partial charge in [0.05, 0.1) is 11.6 Å². The molecule has 0 aliphatic carbocycles. The molecule has 17 nitrogen and oxygen atoms in total. The molecule has 3 N–H and O–H groups in total. The SMILES string of the molecule is B[C@@H]1O[C@H](COC)C(OP(=O)(O)OC)[C@@H]1CCCNC(=S)CCCCO[C@@H]1O[C@H](COC(C)=O)[C@H](OC(C)=O)[C@H](OC(C)=O)[C@H]1NC(C)=O. The van der Waals surface area contributed by atoms with Gasteiger partial charge in [-0.1, -0.05) is 12.2 Å². The van der Waals surface area contributed by atoms with Crippen molar-refractivity contribution < 1.29 is 70.8 Å². The molecule has 2 saturated heterocycles. The van der Waals surface area contributed by atoms with Crippen LogP contribution in [0.2, 0.25) is 0 Å². The van der Waals surface area contributed by atoms with E-state index in [9.17, 15) is 28.6 Å². The van der Waals surface area contributed by atoms with Crippen LogP contribution in [0.1, 0.15) is 59.8 Å². The zero-order valence-corrected chi connectivity index (χ0v) is 30.8. The summed E-state index contributed by atoms with van der Waals surface area (Å²) in [7, 11) is 0.280. The molecule has 20 heteroatoms. The zero-order valence-electron chi connectivity index (χ0n) is 29.1. The third kappa shape index (κ3) is 14.9. The van der Waals surface area contributed by atoms with E-state index in [1.807, 2.05) is 7.85 Å². The number of hydrogen-bond donors (Lipinski definition) is 3. The highest BCUT2D eigenvalue weighted by Gasteiger charge is 2.51. The molecule has 49 heavy (non-hydrogen) atoms.